The molecule has 2 heterocycles. The maximum absolute atomic E-state index is 11.9. The molecule has 18 heavy (non-hydrogen) atoms. The fourth-order valence-corrected chi connectivity index (χ4v) is 2.53. The average molecular weight is 264 g/mol. The van der Waals surface area contributed by atoms with Gasteiger partial charge in [0.05, 0.1) is 17.3 Å². The Bertz CT molecular complexity index is 585. The van der Waals surface area contributed by atoms with E-state index in [2.05, 4.69) is 15.1 Å². The van der Waals surface area contributed by atoms with E-state index in [0.29, 0.717) is 5.75 Å². The first-order valence-corrected chi connectivity index (χ1v) is 6.67. The molecule has 0 unspecified atom stereocenters. The van der Waals surface area contributed by atoms with E-state index in [-0.39, 0.29) is 11.2 Å². The summed E-state index contributed by atoms with van der Waals surface area (Å²) in [5.74, 6) is 0.632. The van der Waals surface area contributed by atoms with Crippen molar-refractivity contribution in [1.82, 2.24) is 19.7 Å². The van der Waals surface area contributed by atoms with E-state index in [1.54, 1.807) is 10.9 Å². The van der Waals surface area contributed by atoms with Crippen LogP contribution in [0.4, 0.5) is 0 Å². The predicted octanol–water partition coefficient (Wildman–Crippen LogP) is 2.07. The second kappa shape index (κ2) is 4.68. The molecule has 5 nitrogen and oxygen atoms in total. The molecule has 0 bridgehead atoms. The summed E-state index contributed by atoms with van der Waals surface area (Å²) in [6.07, 6.45) is 3.24. The van der Waals surface area contributed by atoms with Gasteiger partial charge in [-0.2, -0.15) is 5.10 Å². The van der Waals surface area contributed by atoms with E-state index in [1.165, 1.54) is 18.1 Å². The molecule has 0 saturated carbocycles. The molecular weight excluding hydrogens is 248 g/mol. The zero-order valence-corrected chi connectivity index (χ0v) is 11.8. The van der Waals surface area contributed by atoms with Gasteiger partial charge in [-0.1, -0.05) is 32.5 Å². The van der Waals surface area contributed by atoms with E-state index in [9.17, 15) is 4.79 Å². The van der Waals surface area contributed by atoms with Gasteiger partial charge in [0.2, 0.25) is 0 Å². The van der Waals surface area contributed by atoms with Gasteiger partial charge >= 0.3 is 0 Å². The quantitative estimate of drug-likeness (QED) is 0.627. The van der Waals surface area contributed by atoms with E-state index < -0.39 is 0 Å². The number of nitrogens with zero attached hydrogens (tertiary/aromatic N) is 4. The third-order valence-electron chi connectivity index (χ3n) is 2.67. The first-order valence-electron chi connectivity index (χ1n) is 5.68. The molecule has 0 spiro atoms. The SMILES string of the molecule is Cn1ncc2c(SCC(=O)C(C)(C)C)ncnc21. The number of ketones is 1. The Kier molecular flexibility index (Phi) is 3.38. The second-order valence-electron chi connectivity index (χ2n) is 5.15. The number of aryl methyl sites for hydroxylation is 1. The molecule has 0 aliphatic carbocycles. The summed E-state index contributed by atoms with van der Waals surface area (Å²) in [6.45, 7) is 5.78. The van der Waals surface area contributed by atoms with Crippen LogP contribution in [0, 0.1) is 5.41 Å². The highest BCUT2D eigenvalue weighted by Crippen LogP contribution is 2.26. The van der Waals surface area contributed by atoms with Crippen LogP contribution >= 0.6 is 11.8 Å². The van der Waals surface area contributed by atoms with E-state index in [4.69, 9.17) is 0 Å². The van der Waals surface area contributed by atoms with E-state index >= 15 is 0 Å². The van der Waals surface area contributed by atoms with Crippen LogP contribution in [-0.2, 0) is 11.8 Å². The van der Waals surface area contributed by atoms with Crippen LogP contribution in [0.5, 0.6) is 0 Å². The molecule has 0 aliphatic heterocycles. The highest BCUT2D eigenvalue weighted by molar-refractivity contribution is 8.00. The lowest BCUT2D eigenvalue weighted by Crippen LogP contribution is -2.22. The maximum Gasteiger partial charge on any atom is 0.162 e. The molecule has 2 aromatic heterocycles. The molecule has 0 amide bonds. The van der Waals surface area contributed by atoms with Crippen molar-refractivity contribution in [2.24, 2.45) is 12.5 Å². The Morgan fingerprint density at radius 3 is 2.78 bits per heavy atom. The molecule has 6 heteroatoms. The summed E-state index contributed by atoms with van der Waals surface area (Å²) < 4.78 is 1.70. The van der Waals surface area contributed by atoms with Crippen molar-refractivity contribution < 1.29 is 4.79 Å². The van der Waals surface area contributed by atoms with Gasteiger partial charge in [0.1, 0.15) is 17.1 Å². The van der Waals surface area contributed by atoms with Crippen molar-refractivity contribution in [1.29, 1.82) is 0 Å². The first kappa shape index (κ1) is 13.0. The summed E-state index contributed by atoms with van der Waals surface area (Å²) in [7, 11) is 1.84. The number of fused-ring (bicyclic) bond motifs is 1. The Morgan fingerprint density at radius 2 is 2.11 bits per heavy atom. The zero-order valence-electron chi connectivity index (χ0n) is 11.0. The zero-order chi connectivity index (χ0) is 13.3. The average Bonchev–Trinajstić information content (AvgIpc) is 2.67. The van der Waals surface area contributed by atoms with Crippen molar-refractivity contribution in [3.63, 3.8) is 0 Å². The third kappa shape index (κ3) is 2.53. The van der Waals surface area contributed by atoms with Crippen molar-refractivity contribution in [2.75, 3.05) is 5.75 Å². The van der Waals surface area contributed by atoms with Gasteiger partial charge in [-0.3, -0.25) is 9.48 Å². The molecule has 0 N–H and O–H groups in total. The molecule has 2 aromatic rings. The Hall–Kier alpha value is -1.43. The lowest BCUT2D eigenvalue weighted by Gasteiger charge is -2.15. The normalized spacial score (nSPS) is 12.0. The second-order valence-corrected chi connectivity index (χ2v) is 6.11. The van der Waals surface area contributed by atoms with Crippen LogP contribution in [0.2, 0.25) is 0 Å². The number of thioether (sulfide) groups is 1. The minimum Gasteiger partial charge on any atom is -0.298 e. The highest BCUT2D eigenvalue weighted by Gasteiger charge is 2.21. The molecule has 0 atom stereocenters. The fraction of sp³-hybridized carbons (Fsp3) is 0.500. The van der Waals surface area contributed by atoms with Crippen molar-refractivity contribution in [3.8, 4) is 0 Å². The molecule has 96 valence electrons. The highest BCUT2D eigenvalue weighted by atomic mass is 32.2. The lowest BCUT2D eigenvalue weighted by atomic mass is 9.92. The summed E-state index contributed by atoms with van der Waals surface area (Å²) in [5, 5.41) is 5.85. The maximum atomic E-state index is 11.9. The topological polar surface area (TPSA) is 60.7 Å². The standard InChI is InChI=1S/C12H16N4OS/c1-12(2,3)9(17)6-18-11-8-5-15-16(4)10(8)13-7-14-11/h5,7H,6H2,1-4H3. The summed E-state index contributed by atoms with van der Waals surface area (Å²) >= 11 is 1.44. The lowest BCUT2D eigenvalue weighted by molar-refractivity contribution is -0.123. The monoisotopic (exact) mass is 264 g/mol. The van der Waals surface area contributed by atoms with Gasteiger partial charge in [-0.25, -0.2) is 9.97 Å². The number of hydrogen-bond donors (Lipinski definition) is 0. The number of Topliss-reactive ketones (excluding diaryl/α,β-unsaturated/α-hetero) is 1. The number of aromatic nitrogens is 4. The Balaban J connectivity index is 2.20. The van der Waals surface area contributed by atoms with Crippen molar-refractivity contribution >= 4 is 28.6 Å². The van der Waals surface area contributed by atoms with Crippen LogP contribution in [0.25, 0.3) is 11.0 Å². The molecule has 0 radical (unpaired) electrons. The molecule has 0 aliphatic rings. The molecule has 0 saturated heterocycles. The van der Waals surface area contributed by atoms with Crippen LogP contribution in [-0.4, -0.2) is 31.3 Å². The first-order chi connectivity index (χ1) is 8.39. The van der Waals surface area contributed by atoms with Crippen LogP contribution in [0.15, 0.2) is 17.6 Å². The van der Waals surface area contributed by atoms with Gasteiger partial charge in [0.25, 0.3) is 0 Å². The van der Waals surface area contributed by atoms with E-state index in [0.717, 1.165) is 16.1 Å². The molecule has 2 rings (SSSR count). The molecule has 0 fully saturated rings. The fourth-order valence-electron chi connectivity index (χ4n) is 1.41. The van der Waals surface area contributed by atoms with Crippen LogP contribution < -0.4 is 0 Å². The van der Waals surface area contributed by atoms with Gasteiger partial charge in [0, 0.05) is 12.5 Å². The van der Waals surface area contributed by atoms with E-state index in [1.807, 2.05) is 27.8 Å². The number of carbonyl (C=O) groups is 1. The van der Waals surface area contributed by atoms with Gasteiger partial charge in [-0.15, -0.1) is 0 Å². The molecular formula is C12H16N4OS. The van der Waals surface area contributed by atoms with Crippen molar-refractivity contribution in [2.45, 2.75) is 25.8 Å². The summed E-state index contributed by atoms with van der Waals surface area (Å²) in [4.78, 5) is 20.3. The predicted molar refractivity (Wildman–Crippen MR) is 71.5 cm³/mol. The minimum absolute atomic E-state index is 0.211. The van der Waals surface area contributed by atoms with Gasteiger partial charge in [-0.05, 0) is 0 Å². The van der Waals surface area contributed by atoms with Gasteiger partial charge < -0.3 is 0 Å². The minimum atomic E-state index is -0.311. The van der Waals surface area contributed by atoms with Crippen LogP contribution in [0.3, 0.4) is 0 Å². The number of carbonyl (C=O) groups excluding carboxylic acids is 1. The summed E-state index contributed by atoms with van der Waals surface area (Å²) in [6, 6.07) is 0. The van der Waals surface area contributed by atoms with Crippen molar-refractivity contribution in [3.05, 3.63) is 12.5 Å². The van der Waals surface area contributed by atoms with Crippen LogP contribution in [0.1, 0.15) is 20.8 Å². The largest absolute Gasteiger partial charge is 0.298 e. The number of hydrogen-bond acceptors (Lipinski definition) is 5. The smallest absolute Gasteiger partial charge is 0.162 e. The Morgan fingerprint density at radius 1 is 1.39 bits per heavy atom. The molecule has 0 aromatic carbocycles. The Labute approximate surface area is 110 Å². The third-order valence-corrected chi connectivity index (χ3v) is 3.67. The van der Waals surface area contributed by atoms with Gasteiger partial charge in [0.15, 0.2) is 5.65 Å². The summed E-state index contributed by atoms with van der Waals surface area (Å²) in [5.41, 5.74) is 0.476. The number of rotatable bonds is 3.